The predicted octanol–water partition coefficient (Wildman–Crippen LogP) is -1.52. The fraction of sp³-hybridized carbons (Fsp3) is 0.222. The Morgan fingerprint density at radius 3 is 2.83 bits per heavy atom. The molecule has 2 nitrogen and oxygen atoms in total. The number of hydrogen-bond acceptors (Lipinski definition) is 0. The van der Waals surface area contributed by atoms with Crippen molar-refractivity contribution in [3.63, 3.8) is 0 Å². The largest absolute Gasteiger partial charge is 1.00 e. The Labute approximate surface area is 88.6 Å². The number of halogens is 1. The van der Waals surface area contributed by atoms with Crippen LogP contribution in [0.15, 0.2) is 30.6 Å². The van der Waals surface area contributed by atoms with Gasteiger partial charge in [-0.05, 0) is 19.1 Å². The second-order valence-electron chi connectivity index (χ2n) is 2.58. The summed E-state index contributed by atoms with van der Waals surface area (Å²) < 4.78 is 2.19. The minimum Gasteiger partial charge on any atom is -1.00 e. The molecule has 1 heterocycles. The van der Waals surface area contributed by atoms with Crippen LogP contribution in [0.2, 0.25) is 0 Å². The maximum atomic E-state index is 3.20. The molecule has 2 rings (SSSR count). The summed E-state index contributed by atoms with van der Waals surface area (Å²) in [6, 6.07) is 8.30. The molecule has 1 N–H and O–H groups in total. The van der Waals surface area contributed by atoms with Crippen LogP contribution in [0.4, 0.5) is 0 Å². The summed E-state index contributed by atoms with van der Waals surface area (Å²) in [5.41, 5.74) is 2.48. The second kappa shape index (κ2) is 3.89. The zero-order valence-corrected chi connectivity index (χ0v) is 9.08. The molecule has 2 aromatic rings. The van der Waals surface area contributed by atoms with Crippen molar-refractivity contribution in [3.05, 3.63) is 30.6 Å². The lowest BCUT2D eigenvalue weighted by Gasteiger charge is -1.88. The van der Waals surface area contributed by atoms with Gasteiger partial charge in [0.1, 0.15) is 0 Å². The van der Waals surface area contributed by atoms with E-state index in [9.17, 15) is 0 Å². The van der Waals surface area contributed by atoms with Gasteiger partial charge in [-0.15, -0.1) is 0 Å². The fourth-order valence-electron chi connectivity index (χ4n) is 1.32. The Bertz CT molecular complexity index is 367. The summed E-state index contributed by atoms with van der Waals surface area (Å²) in [5, 5.41) is 0. The van der Waals surface area contributed by atoms with Gasteiger partial charge in [0.05, 0.1) is 6.54 Å². The van der Waals surface area contributed by atoms with E-state index in [0.29, 0.717) is 0 Å². The van der Waals surface area contributed by atoms with Gasteiger partial charge in [-0.25, -0.2) is 9.55 Å². The number of aromatic amines is 1. The molecule has 0 amide bonds. The van der Waals surface area contributed by atoms with E-state index in [2.05, 4.69) is 34.7 Å². The summed E-state index contributed by atoms with van der Waals surface area (Å²) in [5.74, 6) is 0. The van der Waals surface area contributed by atoms with Crippen molar-refractivity contribution < 1.29 is 28.5 Å². The third kappa shape index (κ3) is 1.46. The maximum absolute atomic E-state index is 3.20. The van der Waals surface area contributed by atoms with Gasteiger partial charge >= 0.3 is 0 Å². The van der Waals surface area contributed by atoms with E-state index in [-0.39, 0.29) is 24.0 Å². The quantitative estimate of drug-likeness (QED) is 0.481. The topological polar surface area (TPSA) is 19.7 Å². The molecule has 0 saturated heterocycles. The summed E-state index contributed by atoms with van der Waals surface area (Å²) in [7, 11) is 0. The highest BCUT2D eigenvalue weighted by atomic mass is 127. The van der Waals surface area contributed by atoms with Gasteiger partial charge in [-0.3, -0.25) is 0 Å². The fourth-order valence-corrected chi connectivity index (χ4v) is 1.32. The van der Waals surface area contributed by atoms with Crippen LogP contribution in [0.3, 0.4) is 0 Å². The van der Waals surface area contributed by atoms with E-state index in [1.165, 1.54) is 11.0 Å². The SMILES string of the molecule is CC[n+]1c[nH]c2ccccc21.[I-]. The van der Waals surface area contributed by atoms with E-state index in [4.69, 9.17) is 0 Å². The Morgan fingerprint density at radius 1 is 1.33 bits per heavy atom. The first-order chi connectivity index (χ1) is 5.42. The minimum atomic E-state index is 0. The number of aromatic nitrogens is 2. The molecule has 0 aliphatic rings. The first kappa shape index (κ1) is 9.51. The van der Waals surface area contributed by atoms with Gasteiger partial charge in [0.25, 0.3) is 0 Å². The molecule has 0 spiro atoms. The molecule has 0 fully saturated rings. The van der Waals surface area contributed by atoms with Gasteiger partial charge in [0.15, 0.2) is 11.0 Å². The number of fused-ring (bicyclic) bond motifs is 1. The number of hydrogen-bond donors (Lipinski definition) is 1. The smallest absolute Gasteiger partial charge is 0.242 e. The summed E-state index contributed by atoms with van der Waals surface area (Å²) in [6.45, 7) is 3.16. The molecule has 0 radical (unpaired) electrons. The van der Waals surface area contributed by atoms with Crippen LogP contribution < -0.4 is 28.5 Å². The average Bonchev–Trinajstić information content (AvgIpc) is 2.47. The summed E-state index contributed by atoms with van der Waals surface area (Å²) in [4.78, 5) is 3.20. The lowest BCUT2D eigenvalue weighted by Crippen LogP contribution is -3.00. The number of benzene rings is 1. The average molecular weight is 274 g/mol. The van der Waals surface area contributed by atoms with Crippen LogP contribution in [-0.4, -0.2) is 4.98 Å². The van der Waals surface area contributed by atoms with Gasteiger partial charge in [-0.2, -0.15) is 0 Å². The molecule has 0 atom stereocenters. The maximum Gasteiger partial charge on any atom is 0.242 e. The second-order valence-corrected chi connectivity index (χ2v) is 2.58. The Hall–Kier alpha value is -0.580. The predicted molar refractivity (Wildman–Crippen MR) is 44.2 cm³/mol. The van der Waals surface area contributed by atoms with Crippen molar-refractivity contribution in [2.75, 3.05) is 0 Å². The zero-order chi connectivity index (χ0) is 7.68. The van der Waals surface area contributed by atoms with Gasteiger partial charge in [-0.1, -0.05) is 12.1 Å². The van der Waals surface area contributed by atoms with Crippen molar-refractivity contribution in [1.82, 2.24) is 4.98 Å². The standard InChI is InChI=1S/C9H10N2.HI/c1-2-11-7-10-8-5-3-4-6-9(8)11;/h3-7H,2H2,1H3;1H. The highest BCUT2D eigenvalue weighted by Crippen LogP contribution is 2.04. The normalized spacial score (nSPS) is 9.75. The van der Waals surface area contributed by atoms with E-state index >= 15 is 0 Å². The lowest BCUT2D eigenvalue weighted by molar-refractivity contribution is -0.667. The number of H-pyrrole nitrogens is 1. The van der Waals surface area contributed by atoms with Gasteiger partial charge in [0.2, 0.25) is 6.33 Å². The monoisotopic (exact) mass is 274 g/mol. The third-order valence-electron chi connectivity index (χ3n) is 1.93. The molecule has 1 aromatic heterocycles. The van der Waals surface area contributed by atoms with Crippen LogP contribution in [0.1, 0.15) is 6.92 Å². The van der Waals surface area contributed by atoms with Crippen LogP contribution in [0, 0.1) is 0 Å². The van der Waals surface area contributed by atoms with Gasteiger partial charge < -0.3 is 24.0 Å². The van der Waals surface area contributed by atoms with Crippen molar-refractivity contribution in [2.45, 2.75) is 13.5 Å². The van der Waals surface area contributed by atoms with Crippen LogP contribution in [0.5, 0.6) is 0 Å². The molecule has 12 heavy (non-hydrogen) atoms. The Morgan fingerprint density at radius 2 is 2.08 bits per heavy atom. The number of para-hydroxylation sites is 2. The molecule has 0 saturated carbocycles. The molecular weight excluding hydrogens is 263 g/mol. The molecule has 3 heteroatoms. The lowest BCUT2D eigenvalue weighted by atomic mass is 10.3. The number of aryl methyl sites for hydroxylation is 1. The van der Waals surface area contributed by atoms with E-state index in [1.807, 2.05) is 12.4 Å². The third-order valence-corrected chi connectivity index (χ3v) is 1.93. The van der Waals surface area contributed by atoms with Crippen molar-refractivity contribution in [2.24, 2.45) is 0 Å². The van der Waals surface area contributed by atoms with E-state index in [1.54, 1.807) is 0 Å². The van der Waals surface area contributed by atoms with Crippen molar-refractivity contribution >= 4 is 11.0 Å². The number of imidazole rings is 1. The molecule has 0 bridgehead atoms. The molecule has 64 valence electrons. The van der Waals surface area contributed by atoms with E-state index in [0.717, 1.165) is 6.54 Å². The first-order valence-electron chi connectivity index (χ1n) is 3.87. The van der Waals surface area contributed by atoms with Crippen LogP contribution in [0.25, 0.3) is 11.0 Å². The summed E-state index contributed by atoms with van der Waals surface area (Å²) in [6.07, 6.45) is 2.00. The number of nitrogens with zero attached hydrogens (tertiary/aromatic N) is 1. The van der Waals surface area contributed by atoms with Crippen LogP contribution >= 0.6 is 0 Å². The minimum absolute atomic E-state index is 0. The zero-order valence-electron chi connectivity index (χ0n) is 6.92. The number of nitrogens with one attached hydrogen (secondary N) is 1. The molecule has 0 aliphatic heterocycles. The first-order valence-corrected chi connectivity index (χ1v) is 3.87. The molecular formula is C9H11IN2. The summed E-state index contributed by atoms with van der Waals surface area (Å²) >= 11 is 0. The van der Waals surface area contributed by atoms with Crippen molar-refractivity contribution in [3.8, 4) is 0 Å². The number of rotatable bonds is 1. The Balaban J connectivity index is 0.000000720. The molecule has 0 unspecified atom stereocenters. The van der Waals surface area contributed by atoms with Crippen molar-refractivity contribution in [1.29, 1.82) is 0 Å². The van der Waals surface area contributed by atoms with E-state index < -0.39 is 0 Å². The highest BCUT2D eigenvalue weighted by Gasteiger charge is 2.04. The van der Waals surface area contributed by atoms with Crippen LogP contribution in [-0.2, 0) is 6.54 Å². The highest BCUT2D eigenvalue weighted by molar-refractivity contribution is 5.70. The Kier molecular flexibility index (Phi) is 3.08. The van der Waals surface area contributed by atoms with Gasteiger partial charge in [0, 0.05) is 0 Å². The molecule has 1 aromatic carbocycles. The molecule has 0 aliphatic carbocycles.